The maximum absolute atomic E-state index is 12.4. The lowest BCUT2D eigenvalue weighted by molar-refractivity contribution is -0.141. The fourth-order valence-electron chi connectivity index (χ4n) is 3.14. The van der Waals surface area contributed by atoms with Crippen LogP contribution in [0.3, 0.4) is 0 Å². The van der Waals surface area contributed by atoms with Crippen LogP contribution in [0.4, 0.5) is 4.79 Å². The second-order valence-electron chi connectivity index (χ2n) is 6.04. The van der Waals surface area contributed by atoms with Crippen molar-refractivity contribution in [1.29, 1.82) is 0 Å². The molecule has 3 heterocycles. The molecular formula is C16H21N3O5. The highest BCUT2D eigenvalue weighted by molar-refractivity contribution is 5.77. The van der Waals surface area contributed by atoms with Crippen LogP contribution in [0, 0.1) is 5.92 Å². The van der Waals surface area contributed by atoms with Gasteiger partial charge in [-0.15, -0.1) is 0 Å². The highest BCUT2D eigenvalue weighted by atomic mass is 16.5. The molecule has 0 radical (unpaired) electrons. The van der Waals surface area contributed by atoms with Gasteiger partial charge in [-0.05, 0) is 18.9 Å². The Morgan fingerprint density at radius 2 is 2.25 bits per heavy atom. The van der Waals surface area contributed by atoms with Gasteiger partial charge in [-0.25, -0.2) is 9.78 Å². The predicted molar refractivity (Wildman–Crippen MR) is 83.7 cm³/mol. The summed E-state index contributed by atoms with van der Waals surface area (Å²) in [5, 5.41) is 12.0. The third kappa shape index (κ3) is 3.43. The number of carbonyl (C=O) groups is 2. The van der Waals surface area contributed by atoms with Gasteiger partial charge in [0.15, 0.2) is 0 Å². The minimum atomic E-state index is -0.850. The first kappa shape index (κ1) is 16.5. The quantitative estimate of drug-likeness (QED) is 0.852. The number of likely N-dealkylation sites (tertiary alicyclic amines) is 1. The van der Waals surface area contributed by atoms with E-state index in [4.69, 9.17) is 14.6 Å². The van der Waals surface area contributed by atoms with Gasteiger partial charge in [0.25, 0.3) is 0 Å². The number of carboxylic acids is 1. The lowest BCUT2D eigenvalue weighted by Gasteiger charge is -2.24. The number of nitrogens with zero attached hydrogens (tertiary/aromatic N) is 2. The highest BCUT2D eigenvalue weighted by Crippen LogP contribution is 2.30. The summed E-state index contributed by atoms with van der Waals surface area (Å²) in [5.41, 5.74) is 0.878. The number of pyridine rings is 1. The molecule has 24 heavy (non-hydrogen) atoms. The summed E-state index contributed by atoms with van der Waals surface area (Å²) in [5.74, 6) is -0.803. The molecule has 130 valence electrons. The second kappa shape index (κ2) is 7.04. The number of carbonyl (C=O) groups excluding carboxylic acids is 1. The van der Waals surface area contributed by atoms with Crippen molar-refractivity contribution in [3.63, 3.8) is 0 Å². The van der Waals surface area contributed by atoms with Crippen molar-refractivity contribution in [2.75, 3.05) is 26.8 Å². The molecule has 2 fully saturated rings. The van der Waals surface area contributed by atoms with Crippen LogP contribution in [-0.2, 0) is 9.53 Å². The largest absolute Gasteiger partial charge is 0.481 e. The van der Waals surface area contributed by atoms with Crippen molar-refractivity contribution >= 4 is 12.0 Å². The van der Waals surface area contributed by atoms with E-state index >= 15 is 0 Å². The molecule has 2 N–H and O–H groups in total. The summed E-state index contributed by atoms with van der Waals surface area (Å²) in [6.45, 7) is 1.27. The SMILES string of the molecule is COc1ccc([C@H]2OCC[C@@H]2NC(=O)N2CCC(C(=O)O)C2)cn1. The average molecular weight is 335 g/mol. The Hall–Kier alpha value is -2.35. The van der Waals surface area contributed by atoms with E-state index in [1.165, 1.54) is 0 Å². The molecule has 2 aliphatic rings. The molecule has 0 spiro atoms. The van der Waals surface area contributed by atoms with Crippen molar-refractivity contribution in [2.45, 2.75) is 25.0 Å². The molecular weight excluding hydrogens is 314 g/mol. The number of nitrogens with one attached hydrogen (secondary N) is 1. The summed E-state index contributed by atoms with van der Waals surface area (Å²) in [7, 11) is 1.55. The molecule has 1 aromatic rings. The van der Waals surface area contributed by atoms with Crippen LogP contribution in [0.2, 0.25) is 0 Å². The van der Waals surface area contributed by atoms with Gasteiger partial charge in [0.1, 0.15) is 6.10 Å². The molecule has 2 saturated heterocycles. The van der Waals surface area contributed by atoms with Crippen LogP contribution >= 0.6 is 0 Å². The minimum Gasteiger partial charge on any atom is -0.481 e. The highest BCUT2D eigenvalue weighted by Gasteiger charge is 2.35. The number of methoxy groups -OCH3 is 1. The van der Waals surface area contributed by atoms with Gasteiger partial charge in [0.05, 0.1) is 19.1 Å². The van der Waals surface area contributed by atoms with Crippen LogP contribution in [0.1, 0.15) is 24.5 Å². The van der Waals surface area contributed by atoms with Gasteiger partial charge in [0, 0.05) is 37.5 Å². The summed E-state index contributed by atoms with van der Waals surface area (Å²) in [4.78, 5) is 29.1. The Labute approximate surface area is 139 Å². The first-order chi connectivity index (χ1) is 11.6. The lowest BCUT2D eigenvalue weighted by atomic mass is 10.0. The summed E-state index contributed by atoms with van der Waals surface area (Å²) >= 11 is 0. The molecule has 2 amide bonds. The van der Waals surface area contributed by atoms with Crippen molar-refractivity contribution in [2.24, 2.45) is 5.92 Å². The average Bonchev–Trinajstić information content (AvgIpc) is 3.24. The van der Waals surface area contributed by atoms with E-state index in [0.29, 0.717) is 31.9 Å². The van der Waals surface area contributed by atoms with Crippen LogP contribution in [0.5, 0.6) is 5.88 Å². The maximum atomic E-state index is 12.4. The smallest absolute Gasteiger partial charge is 0.317 e. The number of urea groups is 1. The third-order valence-corrected chi connectivity index (χ3v) is 4.52. The standard InChI is InChI=1S/C16H21N3O5/c1-23-13-3-2-10(8-17-13)14-12(5-7-24-14)18-16(22)19-6-4-11(9-19)15(20)21/h2-3,8,11-12,14H,4-7,9H2,1H3,(H,18,22)(H,20,21)/t11?,12-,14+/m0/s1. The summed E-state index contributed by atoms with van der Waals surface area (Å²) in [6.07, 6.45) is 2.63. The first-order valence-electron chi connectivity index (χ1n) is 7.98. The Balaban J connectivity index is 1.61. The lowest BCUT2D eigenvalue weighted by Crippen LogP contribution is -2.45. The molecule has 0 saturated carbocycles. The first-order valence-corrected chi connectivity index (χ1v) is 7.98. The molecule has 1 aromatic heterocycles. The number of amides is 2. The van der Waals surface area contributed by atoms with Crippen molar-refractivity contribution in [3.05, 3.63) is 23.9 Å². The third-order valence-electron chi connectivity index (χ3n) is 4.52. The Bertz CT molecular complexity index is 606. The number of aliphatic carboxylic acids is 1. The van der Waals surface area contributed by atoms with E-state index < -0.39 is 11.9 Å². The minimum absolute atomic E-state index is 0.156. The molecule has 8 heteroatoms. The Kier molecular flexibility index (Phi) is 4.84. The number of ether oxygens (including phenoxy) is 2. The van der Waals surface area contributed by atoms with Gasteiger partial charge < -0.3 is 24.8 Å². The monoisotopic (exact) mass is 335 g/mol. The van der Waals surface area contributed by atoms with Crippen molar-refractivity contribution in [3.8, 4) is 5.88 Å². The molecule has 3 rings (SSSR count). The maximum Gasteiger partial charge on any atom is 0.317 e. The molecule has 2 aliphatic heterocycles. The summed E-state index contributed by atoms with van der Waals surface area (Å²) in [6, 6.07) is 3.24. The zero-order chi connectivity index (χ0) is 17.1. The van der Waals surface area contributed by atoms with Crippen molar-refractivity contribution < 1.29 is 24.2 Å². The van der Waals surface area contributed by atoms with Gasteiger partial charge >= 0.3 is 12.0 Å². The molecule has 8 nitrogen and oxygen atoms in total. The van der Waals surface area contributed by atoms with E-state index in [9.17, 15) is 9.59 Å². The Morgan fingerprint density at radius 3 is 2.88 bits per heavy atom. The van der Waals surface area contributed by atoms with E-state index in [1.54, 1.807) is 24.3 Å². The van der Waals surface area contributed by atoms with E-state index in [1.807, 2.05) is 6.07 Å². The van der Waals surface area contributed by atoms with Crippen LogP contribution < -0.4 is 10.1 Å². The van der Waals surface area contributed by atoms with Gasteiger partial charge in [-0.3, -0.25) is 4.79 Å². The van der Waals surface area contributed by atoms with Gasteiger partial charge in [0.2, 0.25) is 5.88 Å². The number of carboxylic acid groups (broad SMARTS) is 1. The van der Waals surface area contributed by atoms with Gasteiger partial charge in [-0.2, -0.15) is 0 Å². The predicted octanol–water partition coefficient (Wildman–Crippen LogP) is 1.04. The number of rotatable bonds is 4. The normalized spacial score (nSPS) is 26.4. The molecule has 0 bridgehead atoms. The van der Waals surface area contributed by atoms with E-state index in [0.717, 1.165) is 5.56 Å². The molecule has 0 aromatic carbocycles. The van der Waals surface area contributed by atoms with Crippen LogP contribution in [-0.4, -0.2) is 59.8 Å². The zero-order valence-electron chi connectivity index (χ0n) is 13.5. The van der Waals surface area contributed by atoms with Crippen LogP contribution in [0.15, 0.2) is 18.3 Å². The second-order valence-corrected chi connectivity index (χ2v) is 6.04. The molecule has 1 unspecified atom stereocenters. The van der Waals surface area contributed by atoms with Crippen molar-refractivity contribution in [1.82, 2.24) is 15.2 Å². The number of hydrogen-bond acceptors (Lipinski definition) is 5. The summed E-state index contributed by atoms with van der Waals surface area (Å²) < 4.78 is 10.8. The molecule has 0 aliphatic carbocycles. The number of hydrogen-bond donors (Lipinski definition) is 2. The zero-order valence-corrected chi connectivity index (χ0v) is 13.5. The van der Waals surface area contributed by atoms with Crippen LogP contribution in [0.25, 0.3) is 0 Å². The topological polar surface area (TPSA) is 101 Å². The number of aromatic nitrogens is 1. The fraction of sp³-hybridized carbons (Fsp3) is 0.562. The Morgan fingerprint density at radius 1 is 1.42 bits per heavy atom. The fourth-order valence-corrected chi connectivity index (χ4v) is 3.14. The van der Waals surface area contributed by atoms with E-state index in [2.05, 4.69) is 10.3 Å². The van der Waals surface area contributed by atoms with Gasteiger partial charge in [-0.1, -0.05) is 0 Å². The van der Waals surface area contributed by atoms with E-state index in [-0.39, 0.29) is 24.7 Å². The molecule has 3 atom stereocenters.